The van der Waals surface area contributed by atoms with Gasteiger partial charge in [0.2, 0.25) is 17.7 Å². The molecule has 3 amide bonds. The number of carbonyl (C=O) groups is 5. The van der Waals surface area contributed by atoms with E-state index in [1.807, 2.05) is 0 Å². The lowest BCUT2D eigenvalue weighted by atomic mass is 10.1. The highest BCUT2D eigenvalue weighted by Crippen LogP contribution is 2.00. The molecule has 0 aliphatic carbocycles. The minimum Gasteiger partial charge on any atom is -0.481 e. The van der Waals surface area contributed by atoms with Crippen molar-refractivity contribution >= 4 is 29.7 Å². The minimum atomic E-state index is -1.48. The van der Waals surface area contributed by atoms with Crippen LogP contribution in [0.25, 0.3) is 0 Å². The van der Waals surface area contributed by atoms with Crippen molar-refractivity contribution < 1.29 is 39.3 Å². The first kappa shape index (κ1) is 23.3. The highest BCUT2D eigenvalue weighted by atomic mass is 16.4. The van der Waals surface area contributed by atoms with Crippen LogP contribution in [0.4, 0.5) is 0 Å². The topological polar surface area (TPSA) is 208 Å². The fourth-order valence-electron chi connectivity index (χ4n) is 1.68. The highest BCUT2D eigenvalue weighted by molar-refractivity contribution is 5.94. The molecule has 0 heterocycles. The van der Waals surface area contributed by atoms with Gasteiger partial charge in [0.25, 0.3) is 0 Å². The number of carboxylic acids is 2. The minimum absolute atomic E-state index is 0.273. The van der Waals surface area contributed by atoms with Crippen molar-refractivity contribution in [1.29, 1.82) is 0 Å². The second kappa shape index (κ2) is 11.0. The zero-order valence-corrected chi connectivity index (χ0v) is 14.4. The van der Waals surface area contributed by atoms with Gasteiger partial charge in [-0.2, -0.15) is 0 Å². The van der Waals surface area contributed by atoms with Crippen LogP contribution < -0.4 is 21.7 Å². The van der Waals surface area contributed by atoms with E-state index < -0.39 is 66.9 Å². The van der Waals surface area contributed by atoms with Crippen LogP contribution in [-0.4, -0.2) is 75.8 Å². The van der Waals surface area contributed by atoms with E-state index in [0.717, 1.165) is 0 Å². The lowest BCUT2D eigenvalue weighted by Crippen LogP contribution is -2.57. The molecule has 0 radical (unpaired) electrons. The predicted octanol–water partition coefficient (Wildman–Crippen LogP) is -3.25. The summed E-state index contributed by atoms with van der Waals surface area (Å²) in [5.41, 5.74) is 5.38. The van der Waals surface area contributed by atoms with Gasteiger partial charge < -0.3 is 37.0 Å². The Bertz CT molecular complexity index is 551. The van der Waals surface area contributed by atoms with Crippen LogP contribution in [0.15, 0.2) is 0 Å². The maximum absolute atomic E-state index is 12.2. The van der Waals surface area contributed by atoms with E-state index in [0.29, 0.717) is 0 Å². The SMILES string of the molecule is CC(N)C(=O)NC(CCC(=O)O)C(=O)NC(CO)C(=O)NC(C)C(=O)O. The van der Waals surface area contributed by atoms with E-state index in [9.17, 15) is 29.1 Å². The average Bonchev–Trinajstić information content (AvgIpc) is 2.54. The quantitative estimate of drug-likeness (QED) is 0.193. The lowest BCUT2D eigenvalue weighted by Gasteiger charge is -2.23. The molecule has 0 spiro atoms. The normalized spacial score (nSPS) is 15.1. The number of nitrogens with two attached hydrogens (primary N) is 1. The van der Waals surface area contributed by atoms with Crippen LogP contribution in [0.3, 0.4) is 0 Å². The molecule has 12 nitrogen and oxygen atoms in total. The van der Waals surface area contributed by atoms with Crippen molar-refractivity contribution in [3.05, 3.63) is 0 Å². The molecule has 4 unspecified atom stereocenters. The number of aliphatic hydroxyl groups excluding tert-OH is 1. The molecule has 4 atom stereocenters. The first-order valence-corrected chi connectivity index (χ1v) is 7.71. The Morgan fingerprint density at radius 3 is 1.81 bits per heavy atom. The summed E-state index contributed by atoms with van der Waals surface area (Å²) in [7, 11) is 0. The molecular weight excluding hydrogens is 352 g/mol. The van der Waals surface area contributed by atoms with Crippen molar-refractivity contribution in [1.82, 2.24) is 16.0 Å². The summed E-state index contributed by atoms with van der Waals surface area (Å²) < 4.78 is 0. The van der Waals surface area contributed by atoms with Crippen molar-refractivity contribution in [2.75, 3.05) is 6.61 Å². The predicted molar refractivity (Wildman–Crippen MR) is 86.7 cm³/mol. The monoisotopic (exact) mass is 376 g/mol. The molecule has 0 aliphatic heterocycles. The number of aliphatic carboxylic acids is 2. The Morgan fingerprint density at radius 1 is 0.885 bits per heavy atom. The van der Waals surface area contributed by atoms with E-state index in [1.165, 1.54) is 13.8 Å². The van der Waals surface area contributed by atoms with Crippen LogP contribution in [0.5, 0.6) is 0 Å². The summed E-state index contributed by atoms with van der Waals surface area (Å²) in [6.45, 7) is 1.71. The number of amides is 3. The van der Waals surface area contributed by atoms with Crippen molar-refractivity contribution in [3.63, 3.8) is 0 Å². The third-order valence-electron chi connectivity index (χ3n) is 3.24. The Labute approximate surface area is 149 Å². The second-order valence-electron chi connectivity index (χ2n) is 5.59. The van der Waals surface area contributed by atoms with Gasteiger partial charge >= 0.3 is 11.9 Å². The molecule has 0 aromatic carbocycles. The van der Waals surface area contributed by atoms with Gasteiger partial charge in [-0.1, -0.05) is 0 Å². The molecule has 8 N–H and O–H groups in total. The average molecular weight is 376 g/mol. The van der Waals surface area contributed by atoms with Gasteiger partial charge in [0.05, 0.1) is 12.6 Å². The van der Waals surface area contributed by atoms with E-state index in [4.69, 9.17) is 15.9 Å². The molecule has 0 aromatic heterocycles. The third kappa shape index (κ3) is 8.39. The van der Waals surface area contributed by atoms with Crippen LogP contribution >= 0.6 is 0 Å². The molecule has 0 bridgehead atoms. The summed E-state index contributed by atoms with van der Waals surface area (Å²) in [6, 6.07) is -5.00. The van der Waals surface area contributed by atoms with Gasteiger partial charge in [0.1, 0.15) is 18.1 Å². The number of carboxylic acid groups (broad SMARTS) is 2. The van der Waals surface area contributed by atoms with Crippen LogP contribution in [0.1, 0.15) is 26.7 Å². The van der Waals surface area contributed by atoms with Crippen LogP contribution in [0, 0.1) is 0 Å². The van der Waals surface area contributed by atoms with E-state index in [-0.39, 0.29) is 6.42 Å². The van der Waals surface area contributed by atoms with Crippen LogP contribution in [0.2, 0.25) is 0 Å². The third-order valence-corrected chi connectivity index (χ3v) is 3.24. The summed E-state index contributed by atoms with van der Waals surface area (Å²) in [4.78, 5) is 57.2. The number of nitrogens with one attached hydrogen (secondary N) is 3. The van der Waals surface area contributed by atoms with E-state index in [2.05, 4.69) is 16.0 Å². The fourth-order valence-corrected chi connectivity index (χ4v) is 1.68. The largest absolute Gasteiger partial charge is 0.481 e. The summed E-state index contributed by atoms with van der Waals surface area (Å²) >= 11 is 0. The van der Waals surface area contributed by atoms with Crippen molar-refractivity contribution in [2.24, 2.45) is 5.73 Å². The first-order valence-electron chi connectivity index (χ1n) is 7.71. The van der Waals surface area contributed by atoms with Crippen molar-refractivity contribution in [2.45, 2.75) is 50.9 Å². The zero-order valence-electron chi connectivity index (χ0n) is 14.4. The molecular formula is C14H24N4O8. The summed E-state index contributed by atoms with van der Waals surface area (Å²) in [5, 5.41) is 33.2. The van der Waals surface area contributed by atoms with Crippen molar-refractivity contribution in [3.8, 4) is 0 Å². The fraction of sp³-hybridized carbons (Fsp3) is 0.643. The van der Waals surface area contributed by atoms with E-state index in [1.54, 1.807) is 0 Å². The molecule has 0 saturated heterocycles. The van der Waals surface area contributed by atoms with Crippen LogP contribution in [-0.2, 0) is 24.0 Å². The van der Waals surface area contributed by atoms with Gasteiger partial charge in [-0.15, -0.1) is 0 Å². The Kier molecular flexibility index (Phi) is 9.84. The van der Waals surface area contributed by atoms with Gasteiger partial charge in [-0.3, -0.25) is 24.0 Å². The number of hydrogen-bond acceptors (Lipinski definition) is 7. The number of aliphatic hydroxyl groups is 1. The molecule has 26 heavy (non-hydrogen) atoms. The molecule has 0 fully saturated rings. The number of hydrogen-bond donors (Lipinski definition) is 7. The maximum Gasteiger partial charge on any atom is 0.325 e. The molecule has 0 rings (SSSR count). The van der Waals surface area contributed by atoms with Gasteiger partial charge in [0.15, 0.2) is 0 Å². The molecule has 0 aliphatic rings. The number of carbonyl (C=O) groups excluding carboxylic acids is 3. The molecule has 0 aromatic rings. The Morgan fingerprint density at radius 2 is 1.38 bits per heavy atom. The Balaban J connectivity index is 5.04. The molecule has 12 heteroatoms. The lowest BCUT2D eigenvalue weighted by molar-refractivity contribution is -0.142. The molecule has 148 valence electrons. The second-order valence-corrected chi connectivity index (χ2v) is 5.59. The first-order chi connectivity index (χ1) is 12.0. The zero-order chi connectivity index (χ0) is 20.4. The summed E-state index contributed by atoms with van der Waals surface area (Å²) in [5.74, 6) is -5.10. The Hall–Kier alpha value is -2.73. The maximum atomic E-state index is 12.2. The van der Waals surface area contributed by atoms with Gasteiger partial charge in [0, 0.05) is 6.42 Å². The highest BCUT2D eigenvalue weighted by Gasteiger charge is 2.28. The number of rotatable bonds is 11. The van der Waals surface area contributed by atoms with Gasteiger partial charge in [-0.25, -0.2) is 0 Å². The van der Waals surface area contributed by atoms with E-state index >= 15 is 0 Å². The smallest absolute Gasteiger partial charge is 0.325 e. The molecule has 0 saturated carbocycles. The van der Waals surface area contributed by atoms with Gasteiger partial charge in [-0.05, 0) is 20.3 Å². The standard InChI is InChI=1S/C14H24N4O8/c1-6(15)11(22)17-8(3-4-10(20)21)12(23)18-9(5-19)13(24)16-7(2)14(25)26/h6-9,19H,3-5,15H2,1-2H3,(H,16,24)(H,17,22)(H,18,23)(H,20,21)(H,25,26). The summed E-state index contributed by atoms with van der Waals surface area (Å²) in [6.07, 6.45) is -0.714.